The van der Waals surface area contributed by atoms with E-state index in [2.05, 4.69) is 26.8 Å². The average Bonchev–Trinajstić information content (AvgIpc) is 3.36. The van der Waals surface area contributed by atoms with Crippen molar-refractivity contribution in [2.24, 2.45) is 0 Å². The molecule has 8 nitrogen and oxygen atoms in total. The Labute approximate surface area is 212 Å². The van der Waals surface area contributed by atoms with Gasteiger partial charge in [-0.25, -0.2) is 15.0 Å². The van der Waals surface area contributed by atoms with Crippen LogP contribution in [0.15, 0.2) is 30.8 Å². The molecule has 1 N–H and O–H groups in total. The Morgan fingerprint density at radius 2 is 1.74 bits per heavy atom. The van der Waals surface area contributed by atoms with Gasteiger partial charge in [0.2, 0.25) is 0 Å². The number of halogens is 6. The third kappa shape index (κ3) is 5.48. The Balaban J connectivity index is 1.83. The molecule has 1 atom stereocenters. The molecular formula is C24H22F6N6O2. The SMILES string of the molecule is C=C(c1cc2c(N[C@H](C)c3cc([N+](=O)[O-])cc(C(F)(F)F)c3)nc(C)nc2nc1N1CCCC1)C(F)(F)F. The maximum atomic E-state index is 13.7. The van der Waals surface area contributed by atoms with E-state index in [1.54, 1.807) is 4.90 Å². The van der Waals surface area contributed by atoms with Crippen LogP contribution in [-0.2, 0) is 6.18 Å². The highest BCUT2D eigenvalue weighted by Crippen LogP contribution is 2.40. The van der Waals surface area contributed by atoms with Crippen molar-refractivity contribution in [1.82, 2.24) is 15.0 Å². The van der Waals surface area contributed by atoms with Crippen molar-refractivity contribution in [2.45, 2.75) is 45.1 Å². The second-order valence-corrected chi connectivity index (χ2v) is 8.95. The van der Waals surface area contributed by atoms with Gasteiger partial charge in [-0.15, -0.1) is 0 Å². The second-order valence-electron chi connectivity index (χ2n) is 8.95. The molecule has 38 heavy (non-hydrogen) atoms. The van der Waals surface area contributed by atoms with Gasteiger partial charge in [0.05, 0.1) is 27.5 Å². The summed E-state index contributed by atoms with van der Waals surface area (Å²) in [6.45, 7) is 7.23. The van der Waals surface area contributed by atoms with E-state index in [9.17, 15) is 36.5 Å². The number of non-ortho nitro benzene ring substituents is 1. The van der Waals surface area contributed by atoms with Gasteiger partial charge in [-0.1, -0.05) is 6.58 Å². The molecule has 1 aliphatic rings. The molecule has 1 saturated heterocycles. The van der Waals surface area contributed by atoms with Gasteiger partial charge in [0.1, 0.15) is 17.5 Å². The predicted octanol–water partition coefficient (Wildman–Crippen LogP) is 6.61. The third-order valence-electron chi connectivity index (χ3n) is 6.18. The Kier molecular flexibility index (Phi) is 6.93. The summed E-state index contributed by atoms with van der Waals surface area (Å²) in [6.07, 6.45) is -8.00. The van der Waals surface area contributed by atoms with Crippen LogP contribution in [0.3, 0.4) is 0 Å². The quantitative estimate of drug-likeness (QED) is 0.214. The number of hydrogen-bond acceptors (Lipinski definition) is 7. The summed E-state index contributed by atoms with van der Waals surface area (Å²) in [7, 11) is 0. The summed E-state index contributed by atoms with van der Waals surface area (Å²) in [4.78, 5) is 24.9. The molecule has 4 rings (SSSR count). The monoisotopic (exact) mass is 540 g/mol. The fourth-order valence-corrected chi connectivity index (χ4v) is 4.25. The van der Waals surface area contributed by atoms with Crippen molar-refractivity contribution in [3.63, 3.8) is 0 Å². The zero-order chi connectivity index (χ0) is 28.0. The number of aryl methyl sites for hydroxylation is 1. The van der Waals surface area contributed by atoms with E-state index in [0.717, 1.165) is 25.0 Å². The lowest BCUT2D eigenvalue weighted by atomic mass is 10.0. The summed E-state index contributed by atoms with van der Waals surface area (Å²) in [5.74, 6) is 0.309. The van der Waals surface area contributed by atoms with Gasteiger partial charge in [0, 0.05) is 30.8 Å². The summed E-state index contributed by atoms with van der Waals surface area (Å²) < 4.78 is 81.2. The first kappa shape index (κ1) is 27.1. The molecule has 1 aliphatic heterocycles. The van der Waals surface area contributed by atoms with Gasteiger partial charge in [-0.05, 0) is 44.4 Å². The highest BCUT2D eigenvalue weighted by Gasteiger charge is 2.37. The molecule has 0 radical (unpaired) electrons. The summed E-state index contributed by atoms with van der Waals surface area (Å²) in [6, 6.07) is 2.44. The number of nitro groups is 1. The van der Waals surface area contributed by atoms with Crippen LogP contribution in [0.5, 0.6) is 0 Å². The van der Waals surface area contributed by atoms with Crippen LogP contribution in [-0.4, -0.2) is 39.1 Å². The first-order valence-electron chi connectivity index (χ1n) is 11.5. The average molecular weight is 540 g/mol. The standard InChI is InChI=1S/C24H22F6N6O2/c1-12(23(25,26)27)18-11-19-20(32-14(3)33-21(19)34-22(18)35-6-4-5-7-35)31-13(2)15-8-16(24(28,29)30)10-17(9-15)36(37)38/h8-11,13H,1,4-7H2,2-3H3,(H,31,32,33,34)/t13-/m1/s1. The molecule has 1 fully saturated rings. The number of benzene rings is 1. The summed E-state index contributed by atoms with van der Waals surface area (Å²) in [5, 5.41) is 14.2. The number of nitrogens with zero attached hydrogens (tertiary/aromatic N) is 5. The maximum absolute atomic E-state index is 13.7. The van der Waals surface area contributed by atoms with Crippen molar-refractivity contribution in [3.05, 3.63) is 63.5 Å². The number of anilines is 2. The van der Waals surface area contributed by atoms with E-state index in [4.69, 9.17) is 0 Å². The van der Waals surface area contributed by atoms with E-state index < -0.39 is 40.1 Å². The number of pyridine rings is 1. The van der Waals surface area contributed by atoms with E-state index >= 15 is 0 Å². The molecular weight excluding hydrogens is 518 g/mol. The number of nitro benzene ring substituents is 1. The number of nitrogens with one attached hydrogen (secondary N) is 1. The van der Waals surface area contributed by atoms with Gasteiger partial charge >= 0.3 is 12.4 Å². The van der Waals surface area contributed by atoms with E-state index in [1.165, 1.54) is 19.9 Å². The number of hydrogen-bond donors (Lipinski definition) is 1. The first-order valence-corrected chi connectivity index (χ1v) is 11.5. The highest BCUT2D eigenvalue weighted by atomic mass is 19.4. The number of aromatic nitrogens is 3. The minimum Gasteiger partial charge on any atom is -0.363 e. The lowest BCUT2D eigenvalue weighted by Gasteiger charge is -2.23. The minimum atomic E-state index is -4.83. The Bertz CT molecular complexity index is 1420. The fraction of sp³-hybridized carbons (Fsp3) is 0.375. The summed E-state index contributed by atoms with van der Waals surface area (Å²) in [5.41, 5.74) is -3.32. The molecule has 0 bridgehead atoms. The first-order chi connectivity index (χ1) is 17.6. The fourth-order valence-electron chi connectivity index (χ4n) is 4.25. The molecule has 0 unspecified atom stereocenters. The molecule has 0 spiro atoms. The molecule has 0 amide bonds. The lowest BCUT2D eigenvalue weighted by molar-refractivity contribution is -0.385. The van der Waals surface area contributed by atoms with Gasteiger partial charge in [-0.2, -0.15) is 26.3 Å². The maximum Gasteiger partial charge on any atom is 0.416 e. The van der Waals surface area contributed by atoms with Crippen LogP contribution in [0, 0.1) is 17.0 Å². The van der Waals surface area contributed by atoms with Crippen molar-refractivity contribution in [1.29, 1.82) is 0 Å². The number of allylic oxidation sites excluding steroid dienone is 1. The van der Waals surface area contributed by atoms with Crippen molar-refractivity contribution < 1.29 is 31.3 Å². The summed E-state index contributed by atoms with van der Waals surface area (Å²) >= 11 is 0. The van der Waals surface area contributed by atoms with Gasteiger partial charge < -0.3 is 10.2 Å². The zero-order valence-corrected chi connectivity index (χ0v) is 20.2. The molecule has 0 aliphatic carbocycles. The highest BCUT2D eigenvalue weighted by molar-refractivity contribution is 5.93. The van der Waals surface area contributed by atoms with Crippen LogP contribution in [0.2, 0.25) is 0 Å². The second kappa shape index (κ2) is 9.72. The largest absolute Gasteiger partial charge is 0.416 e. The van der Waals surface area contributed by atoms with E-state index in [-0.39, 0.29) is 39.6 Å². The van der Waals surface area contributed by atoms with Crippen molar-refractivity contribution in [3.8, 4) is 0 Å². The topological polar surface area (TPSA) is 97.1 Å². The molecule has 0 saturated carbocycles. The van der Waals surface area contributed by atoms with E-state index in [1.807, 2.05) is 0 Å². The van der Waals surface area contributed by atoms with Crippen molar-refractivity contribution >= 4 is 33.9 Å². The minimum absolute atomic E-state index is 0.0109. The van der Waals surface area contributed by atoms with E-state index in [0.29, 0.717) is 19.2 Å². The van der Waals surface area contributed by atoms with Crippen LogP contribution in [0.25, 0.3) is 16.6 Å². The Morgan fingerprint density at radius 1 is 1.08 bits per heavy atom. The molecule has 2 aromatic heterocycles. The smallest absolute Gasteiger partial charge is 0.363 e. The number of fused-ring (bicyclic) bond motifs is 1. The molecule has 202 valence electrons. The zero-order valence-electron chi connectivity index (χ0n) is 20.2. The van der Waals surface area contributed by atoms with Gasteiger partial charge in [-0.3, -0.25) is 10.1 Å². The number of rotatable bonds is 6. The van der Waals surface area contributed by atoms with Crippen LogP contribution in [0.1, 0.15) is 48.3 Å². The molecule has 1 aromatic carbocycles. The Hall–Kier alpha value is -3.97. The number of alkyl halides is 6. The molecule has 3 heterocycles. The van der Waals surface area contributed by atoms with Crippen LogP contribution < -0.4 is 10.2 Å². The van der Waals surface area contributed by atoms with Crippen LogP contribution in [0.4, 0.5) is 43.7 Å². The van der Waals surface area contributed by atoms with Crippen molar-refractivity contribution in [2.75, 3.05) is 23.3 Å². The predicted molar refractivity (Wildman–Crippen MR) is 129 cm³/mol. The molecule has 14 heteroatoms. The third-order valence-corrected chi connectivity index (χ3v) is 6.18. The van der Waals surface area contributed by atoms with Gasteiger partial charge in [0.25, 0.3) is 5.69 Å². The molecule has 3 aromatic rings. The van der Waals surface area contributed by atoms with Crippen LogP contribution >= 0.6 is 0 Å². The Morgan fingerprint density at radius 3 is 2.32 bits per heavy atom. The van der Waals surface area contributed by atoms with Gasteiger partial charge in [0.15, 0.2) is 5.65 Å². The lowest BCUT2D eigenvalue weighted by Crippen LogP contribution is -2.23. The normalized spacial score (nSPS) is 15.1.